The molecule has 0 aliphatic carbocycles. The van der Waals surface area contributed by atoms with Crippen LogP contribution in [0.4, 0.5) is 0 Å². The molecule has 0 saturated carbocycles. The normalized spacial score (nSPS) is 13.3. The predicted molar refractivity (Wildman–Crippen MR) is 227 cm³/mol. The van der Waals surface area contributed by atoms with Crippen molar-refractivity contribution in [2.45, 2.75) is 0 Å². The Morgan fingerprint density at radius 1 is 0.327 bits per heavy atom. The van der Waals surface area contributed by atoms with Crippen LogP contribution in [0.5, 0.6) is 0 Å². The molecule has 0 unspecified atom stereocenters. The fraction of sp³-hybridized carbons (Fsp3) is 0. The molecule has 0 spiro atoms. The van der Waals surface area contributed by atoms with E-state index in [1.807, 2.05) is 158 Å². The summed E-state index contributed by atoms with van der Waals surface area (Å²) >= 11 is 0. The van der Waals surface area contributed by atoms with E-state index in [1.165, 1.54) is 0 Å². The van der Waals surface area contributed by atoms with Gasteiger partial charge in [-0.25, -0.2) is 15.0 Å². The number of fused-ring (bicyclic) bond motifs is 3. The molecule has 0 amide bonds. The van der Waals surface area contributed by atoms with Crippen molar-refractivity contribution in [1.29, 1.82) is 0 Å². The Balaban J connectivity index is 1.36. The summed E-state index contributed by atoms with van der Waals surface area (Å²) < 4.78 is 74.0. The Hall–Kier alpha value is -7.43. The number of hydrogen-bond acceptors (Lipinski definition) is 3. The lowest BCUT2D eigenvalue weighted by Gasteiger charge is -2.20. The van der Waals surface area contributed by atoms with Crippen LogP contribution in [0.3, 0.4) is 0 Å². The summed E-state index contributed by atoms with van der Waals surface area (Å²) in [7, 11) is 0. The molecule has 8 aromatic carbocycles. The predicted octanol–water partition coefficient (Wildman–Crippen LogP) is 13.0. The number of nitrogens with zero attached hydrogens (tertiary/aromatic N) is 4. The summed E-state index contributed by atoms with van der Waals surface area (Å²) in [4.78, 5) is 15.3. The molecule has 0 aliphatic rings. The smallest absolute Gasteiger partial charge is 0.166 e. The maximum Gasteiger partial charge on any atom is 0.166 e. The quantitative estimate of drug-likeness (QED) is 0.165. The Bertz CT molecular complexity index is 3340. The highest BCUT2D eigenvalue weighted by molar-refractivity contribution is 6.10. The van der Waals surface area contributed by atoms with Crippen molar-refractivity contribution in [2.24, 2.45) is 0 Å². The van der Waals surface area contributed by atoms with Crippen LogP contribution in [0.1, 0.15) is 11.0 Å². The molecule has 55 heavy (non-hydrogen) atoms. The van der Waals surface area contributed by atoms with E-state index in [0.29, 0.717) is 28.5 Å². The van der Waals surface area contributed by atoms with Crippen molar-refractivity contribution >= 4 is 21.8 Å². The fourth-order valence-corrected chi connectivity index (χ4v) is 7.20. The second-order valence-corrected chi connectivity index (χ2v) is 13.0. The second-order valence-electron chi connectivity index (χ2n) is 13.0. The Labute approximate surface area is 331 Å². The minimum atomic E-state index is -0.519. The molecule has 10 rings (SSSR count). The van der Waals surface area contributed by atoms with E-state index < -0.39 is 48.3 Å². The van der Waals surface area contributed by atoms with E-state index in [2.05, 4.69) is 0 Å². The average Bonchev–Trinajstić information content (AvgIpc) is 3.70. The molecule has 2 heterocycles. The van der Waals surface area contributed by atoms with Gasteiger partial charge in [0.05, 0.1) is 27.7 Å². The fourth-order valence-electron chi connectivity index (χ4n) is 7.20. The van der Waals surface area contributed by atoms with E-state index in [-0.39, 0.29) is 27.6 Å². The third-order valence-corrected chi connectivity index (χ3v) is 9.75. The van der Waals surface area contributed by atoms with Crippen LogP contribution < -0.4 is 0 Å². The van der Waals surface area contributed by atoms with E-state index in [4.69, 9.17) is 20.4 Å². The number of aromatic nitrogens is 4. The van der Waals surface area contributed by atoms with Crippen LogP contribution in [-0.4, -0.2) is 19.5 Å². The van der Waals surface area contributed by atoms with Gasteiger partial charge in [0.15, 0.2) is 17.5 Å². The Morgan fingerprint density at radius 3 is 1.36 bits per heavy atom. The monoisotopic (exact) mass is 710 g/mol. The SMILES string of the molecule is [2H]c1c([2H])c([2H])c2c(c1[2H])c1c([2H])c([2H])c([2H])c([2H])c1n2-c1c(-c2nc(-c3ccccc3)nc(-c3ccc(-c4ccccc4)cc3)n2)cccc1-c1ccccc1-c1ccccc1. The van der Waals surface area contributed by atoms with Crippen LogP contribution in [0, 0.1) is 0 Å². The zero-order chi connectivity index (χ0) is 43.5. The van der Waals surface area contributed by atoms with Crippen LogP contribution in [0.15, 0.2) is 206 Å². The van der Waals surface area contributed by atoms with Gasteiger partial charge in [-0.15, -0.1) is 0 Å². The van der Waals surface area contributed by atoms with Gasteiger partial charge in [-0.3, -0.25) is 0 Å². The summed E-state index contributed by atoms with van der Waals surface area (Å²) in [5.41, 5.74) is 7.43. The van der Waals surface area contributed by atoms with Crippen molar-refractivity contribution in [1.82, 2.24) is 19.5 Å². The largest absolute Gasteiger partial charge is 0.308 e. The van der Waals surface area contributed by atoms with E-state index in [1.54, 1.807) is 4.57 Å². The van der Waals surface area contributed by atoms with Crippen LogP contribution in [0.25, 0.3) is 95.0 Å². The lowest BCUT2D eigenvalue weighted by atomic mass is 9.92. The minimum absolute atomic E-state index is 0.0112. The first-order valence-corrected chi connectivity index (χ1v) is 17.9. The molecule has 0 bridgehead atoms. The van der Waals surface area contributed by atoms with E-state index >= 15 is 0 Å². The molecule has 4 heteroatoms. The first-order chi connectivity index (χ1) is 30.6. The molecule has 4 nitrogen and oxygen atoms in total. The summed E-state index contributed by atoms with van der Waals surface area (Å²) in [5.74, 6) is 0.997. The summed E-state index contributed by atoms with van der Waals surface area (Å²) in [5, 5.41) is -0.0557. The van der Waals surface area contributed by atoms with Crippen LogP contribution >= 0.6 is 0 Å². The molecular formula is C51H34N4. The van der Waals surface area contributed by atoms with Gasteiger partial charge in [0, 0.05) is 33.0 Å². The van der Waals surface area contributed by atoms with Gasteiger partial charge in [0.2, 0.25) is 0 Å². The highest BCUT2D eigenvalue weighted by Crippen LogP contribution is 2.43. The Kier molecular flexibility index (Phi) is 6.23. The number of para-hydroxylation sites is 3. The average molecular weight is 711 g/mol. The zero-order valence-corrected chi connectivity index (χ0v) is 29.3. The maximum atomic E-state index is 9.43. The summed E-state index contributed by atoms with van der Waals surface area (Å²) in [6.07, 6.45) is 0. The molecule has 10 aromatic rings. The maximum absolute atomic E-state index is 9.43. The Morgan fingerprint density at radius 2 is 0.745 bits per heavy atom. The first-order valence-electron chi connectivity index (χ1n) is 21.9. The van der Waals surface area contributed by atoms with Crippen molar-refractivity contribution < 1.29 is 11.0 Å². The van der Waals surface area contributed by atoms with E-state index in [9.17, 15) is 5.48 Å². The number of rotatable bonds is 7. The van der Waals surface area contributed by atoms with Gasteiger partial charge in [-0.2, -0.15) is 0 Å². The van der Waals surface area contributed by atoms with Crippen LogP contribution in [-0.2, 0) is 0 Å². The standard InChI is InChI=1S/C51H34N4/c1-4-17-35(18-5-1)36-31-33-39(34-32-36)50-52-49(38-21-8-3-9-22-38)53-51(54-50)45-28-16-27-44(41-24-11-10-23-40(41)37-19-6-2-7-20-37)48(45)55-46-29-14-12-25-42(46)43-26-13-15-30-47(43)55/h1-34H/i12D,13D,14D,15D,25D,26D,29D,30D. The molecular weight excluding hydrogens is 669 g/mol. The van der Waals surface area contributed by atoms with Crippen LogP contribution in [0.2, 0.25) is 0 Å². The molecule has 0 atom stereocenters. The van der Waals surface area contributed by atoms with Gasteiger partial charge < -0.3 is 4.57 Å². The molecule has 0 radical (unpaired) electrons. The molecule has 0 fully saturated rings. The number of hydrogen-bond donors (Lipinski definition) is 0. The second kappa shape index (κ2) is 13.8. The van der Waals surface area contributed by atoms with Crippen molar-refractivity contribution in [3.05, 3.63) is 206 Å². The lowest BCUT2D eigenvalue weighted by molar-refractivity contribution is 1.06. The summed E-state index contributed by atoms with van der Waals surface area (Å²) in [6.45, 7) is 0. The van der Waals surface area contributed by atoms with Gasteiger partial charge in [0.25, 0.3) is 0 Å². The van der Waals surface area contributed by atoms with Gasteiger partial charge >= 0.3 is 0 Å². The van der Waals surface area contributed by atoms with Crippen molar-refractivity contribution in [3.63, 3.8) is 0 Å². The highest BCUT2D eigenvalue weighted by Gasteiger charge is 2.23. The third-order valence-electron chi connectivity index (χ3n) is 9.75. The van der Waals surface area contributed by atoms with Gasteiger partial charge in [-0.1, -0.05) is 188 Å². The van der Waals surface area contributed by atoms with E-state index in [0.717, 1.165) is 38.9 Å². The van der Waals surface area contributed by atoms with Gasteiger partial charge in [-0.05, 0) is 46.0 Å². The molecule has 2 aromatic heterocycles. The molecule has 0 N–H and O–H groups in total. The topological polar surface area (TPSA) is 43.6 Å². The van der Waals surface area contributed by atoms with Crippen molar-refractivity contribution in [2.75, 3.05) is 0 Å². The van der Waals surface area contributed by atoms with Crippen molar-refractivity contribution in [3.8, 4) is 73.2 Å². The first kappa shape index (κ1) is 24.7. The molecule has 0 aliphatic heterocycles. The lowest BCUT2D eigenvalue weighted by Crippen LogP contribution is -2.05. The zero-order valence-electron chi connectivity index (χ0n) is 37.3. The number of benzene rings is 8. The molecule has 0 saturated heterocycles. The highest BCUT2D eigenvalue weighted by atomic mass is 15.1. The summed E-state index contributed by atoms with van der Waals surface area (Å²) in [6, 6.07) is 47.1. The molecule has 258 valence electrons. The third kappa shape index (κ3) is 5.87. The minimum Gasteiger partial charge on any atom is -0.308 e. The van der Waals surface area contributed by atoms with Gasteiger partial charge in [0.1, 0.15) is 0 Å².